The predicted molar refractivity (Wildman–Crippen MR) is 132 cm³/mol. The minimum absolute atomic E-state index is 0.0137. The third-order valence-electron chi connectivity index (χ3n) is 7.14. The normalized spacial score (nSPS) is 17.5. The largest absolute Gasteiger partial charge is 0.336 e. The first kappa shape index (κ1) is 22.1. The van der Waals surface area contributed by atoms with Crippen LogP contribution in [0.3, 0.4) is 0 Å². The van der Waals surface area contributed by atoms with Crippen LogP contribution >= 0.6 is 0 Å². The van der Waals surface area contributed by atoms with Crippen molar-refractivity contribution < 1.29 is 9.59 Å². The molecule has 34 heavy (non-hydrogen) atoms. The number of hydrogen-bond donors (Lipinski definition) is 0. The first-order valence-electron chi connectivity index (χ1n) is 11.9. The number of likely N-dealkylation sites (tertiary alicyclic amines) is 1. The Labute approximate surface area is 199 Å². The van der Waals surface area contributed by atoms with Gasteiger partial charge >= 0.3 is 0 Å². The standard InChI is InChI=1S/C28H29N3O3/c1-19(32)31-14-7-12-26(31)28(34)30-15-13-25-23(18-30)17-24(27(33)29(25)2)22-11-6-10-21(16-22)20-8-4-3-5-9-20/h3-6,8-11,16-17,26H,7,12-15,18H2,1-2H3/t26-/m0/s1. The fourth-order valence-electron chi connectivity index (χ4n) is 5.33. The topological polar surface area (TPSA) is 62.6 Å². The third-order valence-corrected chi connectivity index (χ3v) is 7.14. The highest BCUT2D eigenvalue weighted by Crippen LogP contribution is 2.28. The number of fused-ring (bicyclic) bond motifs is 1. The van der Waals surface area contributed by atoms with Gasteiger partial charge in [-0.25, -0.2) is 0 Å². The Morgan fingerprint density at radius 2 is 1.65 bits per heavy atom. The van der Waals surface area contributed by atoms with Crippen molar-refractivity contribution in [1.82, 2.24) is 14.4 Å². The van der Waals surface area contributed by atoms with Gasteiger partial charge in [0.15, 0.2) is 0 Å². The molecule has 5 rings (SSSR count). The SMILES string of the molecule is CC(=O)N1CCC[C@H]1C(=O)N1CCc2c(cc(-c3cccc(-c4ccccc4)c3)c(=O)n2C)C1. The summed E-state index contributed by atoms with van der Waals surface area (Å²) in [4.78, 5) is 42.1. The molecule has 0 bridgehead atoms. The average molecular weight is 456 g/mol. The summed E-state index contributed by atoms with van der Waals surface area (Å²) in [5, 5.41) is 0. The number of carbonyl (C=O) groups excluding carboxylic acids is 2. The zero-order chi connectivity index (χ0) is 23.8. The quantitative estimate of drug-likeness (QED) is 0.606. The van der Waals surface area contributed by atoms with E-state index in [0.717, 1.165) is 34.4 Å². The molecule has 0 spiro atoms. The molecular weight excluding hydrogens is 426 g/mol. The molecule has 2 aromatic carbocycles. The fourth-order valence-corrected chi connectivity index (χ4v) is 5.33. The van der Waals surface area contributed by atoms with Crippen molar-refractivity contribution in [2.24, 2.45) is 7.05 Å². The molecule has 3 heterocycles. The average Bonchev–Trinajstić information content (AvgIpc) is 3.36. The molecule has 174 valence electrons. The second-order valence-electron chi connectivity index (χ2n) is 9.22. The number of nitrogens with zero attached hydrogens (tertiary/aromatic N) is 3. The van der Waals surface area contributed by atoms with Crippen molar-refractivity contribution in [2.75, 3.05) is 13.1 Å². The van der Waals surface area contributed by atoms with Crippen LogP contribution < -0.4 is 5.56 Å². The smallest absolute Gasteiger partial charge is 0.258 e. The number of pyridine rings is 1. The Balaban J connectivity index is 1.48. The molecule has 2 aliphatic heterocycles. The van der Waals surface area contributed by atoms with Gasteiger partial charge in [-0.15, -0.1) is 0 Å². The lowest BCUT2D eigenvalue weighted by Crippen LogP contribution is -2.49. The summed E-state index contributed by atoms with van der Waals surface area (Å²) in [5.74, 6) is -0.0314. The zero-order valence-electron chi connectivity index (χ0n) is 19.7. The minimum Gasteiger partial charge on any atom is -0.336 e. The van der Waals surface area contributed by atoms with Gasteiger partial charge in [0.25, 0.3) is 5.56 Å². The molecule has 0 unspecified atom stereocenters. The van der Waals surface area contributed by atoms with Crippen molar-refractivity contribution in [2.45, 2.75) is 38.8 Å². The van der Waals surface area contributed by atoms with Gasteiger partial charge in [0.2, 0.25) is 11.8 Å². The fraction of sp³-hybridized carbons (Fsp3) is 0.321. The monoisotopic (exact) mass is 455 g/mol. The molecule has 1 aromatic heterocycles. The number of amides is 2. The van der Waals surface area contributed by atoms with Gasteiger partial charge in [-0.1, -0.05) is 48.5 Å². The van der Waals surface area contributed by atoms with Crippen molar-refractivity contribution in [3.63, 3.8) is 0 Å². The van der Waals surface area contributed by atoms with Gasteiger partial charge in [-0.3, -0.25) is 14.4 Å². The predicted octanol–water partition coefficient (Wildman–Crippen LogP) is 3.61. The summed E-state index contributed by atoms with van der Waals surface area (Å²) in [6, 6.07) is 19.7. The van der Waals surface area contributed by atoms with E-state index in [0.29, 0.717) is 38.0 Å². The number of benzene rings is 2. The Morgan fingerprint density at radius 1 is 0.912 bits per heavy atom. The van der Waals surface area contributed by atoms with Crippen LogP contribution in [-0.4, -0.2) is 45.3 Å². The van der Waals surface area contributed by atoms with Gasteiger partial charge < -0.3 is 14.4 Å². The lowest BCUT2D eigenvalue weighted by Gasteiger charge is -2.34. The summed E-state index contributed by atoms with van der Waals surface area (Å²) >= 11 is 0. The molecule has 2 amide bonds. The van der Waals surface area contributed by atoms with Gasteiger partial charge in [0.05, 0.1) is 0 Å². The van der Waals surface area contributed by atoms with Crippen LogP contribution in [0.5, 0.6) is 0 Å². The van der Waals surface area contributed by atoms with Gasteiger partial charge in [-0.05, 0) is 47.2 Å². The van der Waals surface area contributed by atoms with Crippen LogP contribution in [0.25, 0.3) is 22.3 Å². The number of hydrogen-bond acceptors (Lipinski definition) is 3. The van der Waals surface area contributed by atoms with Gasteiger partial charge in [-0.2, -0.15) is 0 Å². The van der Waals surface area contributed by atoms with E-state index in [9.17, 15) is 14.4 Å². The highest BCUT2D eigenvalue weighted by Gasteiger charge is 2.36. The van der Waals surface area contributed by atoms with Crippen LogP contribution in [0, 0.1) is 0 Å². The summed E-state index contributed by atoms with van der Waals surface area (Å²) in [5.41, 5.74) is 5.61. The maximum absolute atomic E-state index is 13.3. The van der Waals surface area contributed by atoms with E-state index >= 15 is 0 Å². The molecule has 0 N–H and O–H groups in total. The molecular formula is C28H29N3O3. The molecule has 0 radical (unpaired) electrons. The second-order valence-corrected chi connectivity index (χ2v) is 9.22. The molecule has 3 aromatic rings. The summed E-state index contributed by atoms with van der Waals surface area (Å²) in [6.45, 7) is 3.19. The third kappa shape index (κ3) is 3.94. The molecule has 1 fully saturated rings. The van der Waals surface area contributed by atoms with Crippen LogP contribution in [0.2, 0.25) is 0 Å². The number of carbonyl (C=O) groups is 2. The van der Waals surface area contributed by atoms with E-state index in [1.54, 1.807) is 9.47 Å². The lowest BCUT2D eigenvalue weighted by molar-refractivity contribution is -0.143. The Morgan fingerprint density at radius 3 is 2.41 bits per heavy atom. The zero-order valence-corrected chi connectivity index (χ0v) is 19.7. The number of rotatable bonds is 3. The van der Waals surface area contributed by atoms with E-state index in [-0.39, 0.29) is 23.4 Å². The summed E-state index contributed by atoms with van der Waals surface area (Å²) in [7, 11) is 1.82. The van der Waals surface area contributed by atoms with Crippen LogP contribution in [0.15, 0.2) is 65.5 Å². The molecule has 1 saturated heterocycles. The Bertz CT molecular complexity index is 1310. The Kier molecular flexibility index (Phi) is 5.82. The van der Waals surface area contributed by atoms with Crippen molar-refractivity contribution in [3.8, 4) is 22.3 Å². The molecule has 0 saturated carbocycles. The van der Waals surface area contributed by atoms with Crippen molar-refractivity contribution >= 4 is 11.8 Å². The molecule has 6 heteroatoms. The number of aromatic nitrogens is 1. The van der Waals surface area contributed by atoms with Gasteiger partial charge in [0, 0.05) is 51.3 Å². The van der Waals surface area contributed by atoms with E-state index in [1.165, 1.54) is 6.92 Å². The van der Waals surface area contributed by atoms with Crippen LogP contribution in [0.4, 0.5) is 0 Å². The van der Waals surface area contributed by atoms with E-state index in [2.05, 4.69) is 12.1 Å². The molecule has 1 atom stereocenters. The first-order valence-corrected chi connectivity index (χ1v) is 11.9. The van der Waals surface area contributed by atoms with Crippen molar-refractivity contribution in [3.05, 3.63) is 82.3 Å². The van der Waals surface area contributed by atoms with Crippen LogP contribution in [-0.2, 0) is 29.6 Å². The molecule has 2 aliphatic rings. The second kappa shape index (κ2) is 8.93. The maximum atomic E-state index is 13.3. The van der Waals surface area contributed by atoms with Crippen LogP contribution in [0.1, 0.15) is 31.0 Å². The Hall–Kier alpha value is -3.67. The lowest BCUT2D eigenvalue weighted by atomic mass is 9.96. The van der Waals surface area contributed by atoms with E-state index < -0.39 is 0 Å². The molecule has 0 aliphatic carbocycles. The maximum Gasteiger partial charge on any atom is 0.258 e. The van der Waals surface area contributed by atoms with Gasteiger partial charge in [0.1, 0.15) is 6.04 Å². The highest BCUT2D eigenvalue weighted by atomic mass is 16.2. The molecule has 6 nitrogen and oxygen atoms in total. The summed E-state index contributed by atoms with van der Waals surface area (Å²) < 4.78 is 1.74. The van der Waals surface area contributed by atoms with E-state index in [4.69, 9.17) is 0 Å². The first-order chi connectivity index (χ1) is 16.4. The highest BCUT2D eigenvalue weighted by molar-refractivity contribution is 5.87. The van der Waals surface area contributed by atoms with Crippen molar-refractivity contribution in [1.29, 1.82) is 0 Å². The van der Waals surface area contributed by atoms with E-state index in [1.807, 2.05) is 60.5 Å². The summed E-state index contributed by atoms with van der Waals surface area (Å²) in [6.07, 6.45) is 2.20. The minimum atomic E-state index is -0.367.